The first-order valence-corrected chi connectivity index (χ1v) is 11.9. The number of aromatic nitrogens is 3. The number of methoxy groups -OCH3 is 2. The zero-order chi connectivity index (χ0) is 21.6. The second-order valence-electron chi connectivity index (χ2n) is 6.63. The molecular weight excluding hydrogens is 430 g/mol. The molecule has 2 heterocycles. The van der Waals surface area contributed by atoms with Crippen molar-refractivity contribution in [1.82, 2.24) is 24.8 Å². The van der Waals surface area contributed by atoms with Crippen LogP contribution >= 0.6 is 11.8 Å². The summed E-state index contributed by atoms with van der Waals surface area (Å²) >= 11 is 1.47. The maximum absolute atomic E-state index is 13.1. The van der Waals surface area contributed by atoms with Crippen molar-refractivity contribution in [2.75, 3.05) is 39.6 Å². The van der Waals surface area contributed by atoms with Crippen LogP contribution in [0.25, 0.3) is 0 Å². The number of piperidine rings is 1. The molecule has 2 N–H and O–H groups in total. The summed E-state index contributed by atoms with van der Waals surface area (Å²) in [6.07, 6.45) is 2.36. The van der Waals surface area contributed by atoms with Crippen LogP contribution in [0.1, 0.15) is 12.8 Å². The van der Waals surface area contributed by atoms with E-state index < -0.39 is 10.0 Å². The van der Waals surface area contributed by atoms with Crippen LogP contribution in [0.15, 0.2) is 34.6 Å². The third-order valence-corrected chi connectivity index (χ3v) is 7.64. The fourth-order valence-electron chi connectivity index (χ4n) is 3.21. The van der Waals surface area contributed by atoms with E-state index in [9.17, 15) is 13.2 Å². The van der Waals surface area contributed by atoms with Crippen LogP contribution in [0.4, 0.5) is 0 Å². The van der Waals surface area contributed by atoms with Crippen molar-refractivity contribution >= 4 is 27.7 Å². The van der Waals surface area contributed by atoms with Gasteiger partial charge in [0.15, 0.2) is 5.16 Å². The van der Waals surface area contributed by atoms with Crippen LogP contribution in [0.5, 0.6) is 11.5 Å². The Bertz CT molecular complexity index is 944. The van der Waals surface area contributed by atoms with E-state index in [4.69, 9.17) is 9.47 Å². The maximum atomic E-state index is 13.1. The molecule has 1 amide bonds. The molecule has 0 aliphatic carbocycles. The first-order chi connectivity index (χ1) is 14.5. The lowest BCUT2D eigenvalue weighted by molar-refractivity contribution is -0.125. The largest absolute Gasteiger partial charge is 0.497 e. The number of carbonyl (C=O) groups is 1. The summed E-state index contributed by atoms with van der Waals surface area (Å²) in [5.41, 5.74) is 0. The van der Waals surface area contributed by atoms with Crippen molar-refractivity contribution in [2.24, 2.45) is 5.92 Å². The number of aromatic amines is 1. The third kappa shape index (κ3) is 5.24. The molecule has 1 fully saturated rings. The Balaban J connectivity index is 1.53. The standard InChI is InChI=1S/C18H25N5O5S2/c1-27-14-3-4-15(28-2)16(11-14)30(25,26)23-8-5-13(6-9-23)17(24)19-7-10-29-18-20-12-21-22-18/h3-4,11-13H,5-10H2,1-2H3,(H,19,24)(H,20,21,22). The molecule has 1 aliphatic heterocycles. The Hall–Kier alpha value is -2.31. The smallest absolute Gasteiger partial charge is 0.246 e. The number of benzene rings is 1. The van der Waals surface area contributed by atoms with Crippen LogP contribution in [0, 0.1) is 5.92 Å². The molecule has 164 valence electrons. The van der Waals surface area contributed by atoms with Gasteiger partial charge in [-0.15, -0.1) is 0 Å². The Morgan fingerprint density at radius 1 is 1.30 bits per heavy atom. The minimum atomic E-state index is -3.76. The normalized spacial score (nSPS) is 15.7. The quantitative estimate of drug-likeness (QED) is 0.426. The van der Waals surface area contributed by atoms with Gasteiger partial charge in [0.1, 0.15) is 22.7 Å². The summed E-state index contributed by atoms with van der Waals surface area (Å²) in [5, 5.41) is 10.1. The molecule has 0 radical (unpaired) electrons. The molecule has 12 heteroatoms. The average Bonchev–Trinajstić information content (AvgIpc) is 3.29. The number of carbonyl (C=O) groups excluding carboxylic acids is 1. The lowest BCUT2D eigenvalue weighted by atomic mass is 9.97. The lowest BCUT2D eigenvalue weighted by Gasteiger charge is -2.31. The fraction of sp³-hybridized carbons (Fsp3) is 0.500. The SMILES string of the molecule is COc1ccc(OC)c(S(=O)(=O)N2CCC(C(=O)NCCSc3ncn[nH]3)CC2)c1. The summed E-state index contributed by atoms with van der Waals surface area (Å²) in [6, 6.07) is 4.68. The summed E-state index contributed by atoms with van der Waals surface area (Å²) in [4.78, 5) is 16.5. The van der Waals surface area contributed by atoms with E-state index in [1.54, 1.807) is 12.1 Å². The number of amides is 1. The maximum Gasteiger partial charge on any atom is 0.246 e. The summed E-state index contributed by atoms with van der Waals surface area (Å²) in [6.45, 7) is 1.05. The molecule has 10 nitrogen and oxygen atoms in total. The zero-order valence-electron chi connectivity index (χ0n) is 16.8. The van der Waals surface area contributed by atoms with Gasteiger partial charge < -0.3 is 14.8 Å². The van der Waals surface area contributed by atoms with Crippen molar-refractivity contribution in [3.63, 3.8) is 0 Å². The van der Waals surface area contributed by atoms with Gasteiger partial charge in [-0.2, -0.15) is 9.40 Å². The van der Waals surface area contributed by atoms with Gasteiger partial charge in [0.2, 0.25) is 15.9 Å². The summed E-state index contributed by atoms with van der Waals surface area (Å²) in [5.74, 6) is 1.11. The van der Waals surface area contributed by atoms with Gasteiger partial charge in [-0.1, -0.05) is 11.8 Å². The lowest BCUT2D eigenvalue weighted by Crippen LogP contribution is -2.43. The van der Waals surface area contributed by atoms with E-state index in [-0.39, 0.29) is 35.6 Å². The van der Waals surface area contributed by atoms with Crippen molar-refractivity contribution in [1.29, 1.82) is 0 Å². The number of hydrogen-bond acceptors (Lipinski definition) is 8. The van der Waals surface area contributed by atoms with Gasteiger partial charge in [-0.25, -0.2) is 13.4 Å². The van der Waals surface area contributed by atoms with Crippen molar-refractivity contribution in [2.45, 2.75) is 22.9 Å². The van der Waals surface area contributed by atoms with Gasteiger partial charge in [-0.05, 0) is 25.0 Å². The second-order valence-corrected chi connectivity index (χ2v) is 9.62. The van der Waals surface area contributed by atoms with E-state index >= 15 is 0 Å². The summed E-state index contributed by atoms with van der Waals surface area (Å²) < 4.78 is 38.0. The van der Waals surface area contributed by atoms with E-state index in [1.807, 2.05) is 0 Å². The highest BCUT2D eigenvalue weighted by atomic mass is 32.2. The average molecular weight is 456 g/mol. The predicted octanol–water partition coefficient (Wildman–Crippen LogP) is 1.13. The van der Waals surface area contributed by atoms with E-state index in [1.165, 1.54) is 42.7 Å². The molecule has 0 atom stereocenters. The highest BCUT2D eigenvalue weighted by Crippen LogP contribution is 2.32. The number of ether oxygens (including phenoxy) is 2. The van der Waals surface area contributed by atoms with Gasteiger partial charge in [0.05, 0.1) is 14.2 Å². The Morgan fingerprint density at radius 3 is 2.70 bits per heavy atom. The highest BCUT2D eigenvalue weighted by Gasteiger charge is 2.33. The second kappa shape index (κ2) is 10.1. The van der Waals surface area contributed by atoms with Gasteiger partial charge in [-0.3, -0.25) is 9.89 Å². The first kappa shape index (κ1) is 22.4. The zero-order valence-corrected chi connectivity index (χ0v) is 18.5. The number of nitrogens with one attached hydrogen (secondary N) is 2. The van der Waals surface area contributed by atoms with E-state index in [0.717, 1.165) is 0 Å². The third-order valence-electron chi connectivity index (χ3n) is 4.85. The topological polar surface area (TPSA) is 127 Å². The van der Waals surface area contributed by atoms with E-state index in [0.29, 0.717) is 36.0 Å². The number of sulfonamides is 1. The summed E-state index contributed by atoms with van der Waals surface area (Å²) in [7, 11) is -0.848. The molecule has 1 aromatic carbocycles. The predicted molar refractivity (Wildman–Crippen MR) is 111 cm³/mol. The number of H-pyrrole nitrogens is 1. The van der Waals surface area contributed by atoms with Crippen LogP contribution in [0.2, 0.25) is 0 Å². The minimum absolute atomic E-state index is 0.0517. The van der Waals surface area contributed by atoms with Crippen LogP contribution in [-0.4, -0.2) is 73.4 Å². The van der Waals surface area contributed by atoms with Gasteiger partial charge >= 0.3 is 0 Å². The number of rotatable bonds is 9. The Labute approximate surface area is 179 Å². The molecule has 30 heavy (non-hydrogen) atoms. The number of thioether (sulfide) groups is 1. The molecule has 1 aromatic heterocycles. The molecule has 1 saturated heterocycles. The van der Waals surface area contributed by atoms with Crippen LogP contribution in [-0.2, 0) is 14.8 Å². The monoisotopic (exact) mass is 455 g/mol. The minimum Gasteiger partial charge on any atom is -0.497 e. The fourth-order valence-corrected chi connectivity index (χ4v) is 5.49. The molecule has 1 aliphatic rings. The van der Waals surface area contributed by atoms with E-state index in [2.05, 4.69) is 20.5 Å². The van der Waals surface area contributed by atoms with Gasteiger partial charge in [0.25, 0.3) is 0 Å². The molecule has 0 saturated carbocycles. The van der Waals surface area contributed by atoms with Crippen molar-refractivity contribution < 1.29 is 22.7 Å². The Kier molecular flexibility index (Phi) is 7.56. The molecule has 3 rings (SSSR count). The number of nitrogens with zero attached hydrogens (tertiary/aromatic N) is 3. The highest BCUT2D eigenvalue weighted by molar-refractivity contribution is 7.99. The number of hydrogen-bond donors (Lipinski definition) is 2. The van der Waals surface area contributed by atoms with Gasteiger partial charge in [0, 0.05) is 37.4 Å². The van der Waals surface area contributed by atoms with Crippen molar-refractivity contribution in [3.8, 4) is 11.5 Å². The Morgan fingerprint density at radius 2 is 2.07 bits per heavy atom. The molecule has 2 aromatic rings. The van der Waals surface area contributed by atoms with Crippen LogP contribution < -0.4 is 14.8 Å². The molecular formula is C18H25N5O5S2. The molecule has 0 spiro atoms. The molecule has 0 bridgehead atoms. The molecule has 0 unspecified atom stereocenters. The first-order valence-electron chi connectivity index (χ1n) is 9.43. The van der Waals surface area contributed by atoms with Crippen molar-refractivity contribution in [3.05, 3.63) is 24.5 Å². The van der Waals surface area contributed by atoms with Crippen LogP contribution in [0.3, 0.4) is 0 Å².